The van der Waals surface area contributed by atoms with Crippen molar-refractivity contribution in [2.24, 2.45) is 5.41 Å². The molecule has 4 rings (SSSR count). The number of carbonyl (C=O) groups is 2. The zero-order valence-corrected chi connectivity index (χ0v) is 27.4. The molecule has 0 saturated heterocycles. The first-order valence-corrected chi connectivity index (χ1v) is 16.4. The molecule has 2 heterocycles. The van der Waals surface area contributed by atoms with Crippen LogP contribution < -0.4 is 10.1 Å². The van der Waals surface area contributed by atoms with E-state index in [0.29, 0.717) is 38.3 Å². The molecule has 0 radical (unpaired) electrons. The highest BCUT2D eigenvalue weighted by atomic mass is 16.5. The number of unbranched alkanes of at least 4 members (excludes halogenated alkanes) is 1. The van der Waals surface area contributed by atoms with Gasteiger partial charge in [0, 0.05) is 37.7 Å². The van der Waals surface area contributed by atoms with E-state index in [2.05, 4.69) is 22.4 Å². The van der Waals surface area contributed by atoms with Gasteiger partial charge in [-0.15, -0.1) is 0 Å². The van der Waals surface area contributed by atoms with Crippen molar-refractivity contribution in [3.63, 3.8) is 0 Å². The van der Waals surface area contributed by atoms with Crippen molar-refractivity contribution in [2.45, 2.75) is 71.9 Å². The number of anilines is 1. The molecule has 0 saturated carbocycles. The van der Waals surface area contributed by atoms with E-state index in [1.54, 1.807) is 26.1 Å². The largest absolute Gasteiger partial charge is 0.494 e. The second-order valence-corrected chi connectivity index (χ2v) is 11.7. The third-order valence-electron chi connectivity index (χ3n) is 8.32. The minimum Gasteiger partial charge on any atom is -0.494 e. The van der Waals surface area contributed by atoms with Gasteiger partial charge >= 0.3 is 5.97 Å². The summed E-state index contributed by atoms with van der Waals surface area (Å²) in [5, 5.41) is 12.5. The number of hydrogen-bond acceptors (Lipinski definition) is 6. The van der Waals surface area contributed by atoms with Crippen LogP contribution >= 0.6 is 0 Å². The van der Waals surface area contributed by atoms with Gasteiger partial charge in [0.05, 0.1) is 36.3 Å². The van der Waals surface area contributed by atoms with Crippen LogP contribution in [-0.4, -0.2) is 44.7 Å². The highest BCUT2D eigenvalue weighted by Crippen LogP contribution is 2.31. The monoisotopic (exact) mass is 638 g/mol. The second kappa shape index (κ2) is 18.4. The molecule has 2 N–H and O–H groups in total. The van der Waals surface area contributed by atoms with Crippen molar-refractivity contribution in [3.05, 3.63) is 108 Å². The van der Waals surface area contributed by atoms with Gasteiger partial charge in [0.15, 0.2) is 0 Å². The molecule has 0 unspecified atom stereocenters. The number of amides is 1. The number of aliphatic carboxylic acids is 1. The van der Waals surface area contributed by atoms with E-state index in [1.807, 2.05) is 77.8 Å². The Hall–Kier alpha value is -4.76. The quantitative estimate of drug-likeness (QED) is 0.0954. The fraction of sp³-hybridized carbons (Fsp3) is 0.368. The number of rotatable bonds is 20. The number of carboxylic acids is 1. The second-order valence-electron chi connectivity index (χ2n) is 11.7. The number of nitrogens with one attached hydrogen (secondary N) is 1. The van der Waals surface area contributed by atoms with E-state index in [-0.39, 0.29) is 12.3 Å². The summed E-state index contributed by atoms with van der Waals surface area (Å²) in [6.07, 6.45) is 14.1. The van der Waals surface area contributed by atoms with Crippen LogP contribution in [0.3, 0.4) is 0 Å². The summed E-state index contributed by atoms with van der Waals surface area (Å²) >= 11 is 0. The lowest BCUT2D eigenvalue weighted by molar-refractivity contribution is -0.151. The molecule has 9 heteroatoms. The maximum Gasteiger partial charge on any atom is 0.310 e. The lowest BCUT2D eigenvalue weighted by Gasteiger charge is -2.25. The summed E-state index contributed by atoms with van der Waals surface area (Å²) in [5.41, 5.74) is 3.43. The molecule has 0 aliphatic rings. The Bertz CT molecular complexity index is 1560. The molecule has 2 aromatic carbocycles. The van der Waals surface area contributed by atoms with Gasteiger partial charge in [-0.2, -0.15) is 0 Å². The minimum atomic E-state index is -1.05. The van der Waals surface area contributed by atoms with Crippen LogP contribution in [0.1, 0.15) is 74.9 Å². The van der Waals surface area contributed by atoms with Gasteiger partial charge in [-0.05, 0) is 92.1 Å². The average molecular weight is 639 g/mol. The van der Waals surface area contributed by atoms with Crippen molar-refractivity contribution in [1.29, 1.82) is 0 Å². The highest BCUT2D eigenvalue weighted by Gasteiger charge is 2.37. The molecule has 0 spiro atoms. The Morgan fingerprint density at radius 1 is 0.957 bits per heavy atom. The normalized spacial score (nSPS) is 11.5. The van der Waals surface area contributed by atoms with Crippen molar-refractivity contribution < 1.29 is 24.2 Å². The van der Waals surface area contributed by atoms with Crippen LogP contribution in [0.25, 0.3) is 12.2 Å². The molecule has 9 nitrogen and oxygen atoms in total. The van der Waals surface area contributed by atoms with Crippen LogP contribution in [0.2, 0.25) is 0 Å². The minimum absolute atomic E-state index is 0.0624. The fourth-order valence-corrected chi connectivity index (χ4v) is 5.28. The molecule has 0 aliphatic heterocycles. The number of nitrogens with zero attached hydrogens (tertiary/aromatic N) is 3. The lowest BCUT2D eigenvalue weighted by atomic mass is 9.79. The first-order valence-electron chi connectivity index (χ1n) is 16.4. The maximum absolute atomic E-state index is 12.6. The van der Waals surface area contributed by atoms with Gasteiger partial charge in [-0.3, -0.25) is 14.6 Å². The number of aryl methyl sites for hydroxylation is 2. The zero-order valence-electron chi connectivity index (χ0n) is 27.4. The SMILES string of the molecule is CCC(CC)(CC(=O)Nc1cccc(/C=C/c2cccc(COCCCCc3ccc(OCCCn4ccnc4)cc3)n2)c1)C(=O)O. The molecular weight excluding hydrogens is 592 g/mol. The predicted octanol–water partition coefficient (Wildman–Crippen LogP) is 7.68. The van der Waals surface area contributed by atoms with Crippen LogP contribution in [0.5, 0.6) is 5.75 Å². The Morgan fingerprint density at radius 3 is 2.51 bits per heavy atom. The first-order chi connectivity index (χ1) is 22.9. The van der Waals surface area contributed by atoms with Crippen LogP contribution in [0.15, 0.2) is 85.5 Å². The third-order valence-corrected chi connectivity index (χ3v) is 8.32. The smallest absolute Gasteiger partial charge is 0.310 e. The standard InChI is InChI=1S/C38H46N4O5/c1-3-38(4-2,37(44)45)27-36(43)41-33-13-7-11-31(26-33)15-18-32-12-8-14-34(40-32)28-46-24-6-5-10-30-16-19-35(20-17-30)47-25-9-22-42-23-21-39-29-42/h7-8,11-21,23,26,29H,3-6,9-10,22,24-25,27-28H2,1-2H3,(H,41,43)(H,44,45)/b18-15+. The van der Waals surface area contributed by atoms with Crippen molar-refractivity contribution in [1.82, 2.24) is 14.5 Å². The van der Waals surface area contributed by atoms with E-state index in [4.69, 9.17) is 14.5 Å². The predicted molar refractivity (Wildman–Crippen MR) is 185 cm³/mol. The Balaban J connectivity index is 1.14. The fourth-order valence-electron chi connectivity index (χ4n) is 5.28. The van der Waals surface area contributed by atoms with E-state index < -0.39 is 11.4 Å². The van der Waals surface area contributed by atoms with E-state index in [0.717, 1.165) is 54.9 Å². The van der Waals surface area contributed by atoms with Gasteiger partial charge in [0.1, 0.15) is 5.75 Å². The van der Waals surface area contributed by atoms with Gasteiger partial charge in [-0.25, -0.2) is 4.98 Å². The first kappa shape index (κ1) is 35.1. The molecule has 0 aliphatic carbocycles. The Kier molecular flexibility index (Phi) is 13.7. The summed E-state index contributed by atoms with van der Waals surface area (Å²) in [5.74, 6) is -0.346. The molecule has 4 aromatic rings. The highest BCUT2D eigenvalue weighted by molar-refractivity contribution is 5.94. The van der Waals surface area contributed by atoms with Crippen LogP contribution in [-0.2, 0) is 33.9 Å². The maximum atomic E-state index is 12.6. The summed E-state index contributed by atoms with van der Waals surface area (Å²) in [7, 11) is 0. The van der Waals surface area contributed by atoms with Gasteiger partial charge in [0.2, 0.25) is 5.91 Å². The Labute approximate surface area is 277 Å². The molecule has 2 aromatic heterocycles. The molecule has 248 valence electrons. The van der Waals surface area contributed by atoms with E-state index in [1.165, 1.54) is 5.56 Å². The number of aromatic nitrogens is 3. The summed E-state index contributed by atoms with van der Waals surface area (Å²) < 4.78 is 13.8. The van der Waals surface area contributed by atoms with Gasteiger partial charge in [-0.1, -0.05) is 50.3 Å². The number of carbonyl (C=O) groups excluding carboxylic acids is 1. The van der Waals surface area contributed by atoms with E-state index in [9.17, 15) is 14.7 Å². The van der Waals surface area contributed by atoms with Crippen LogP contribution in [0.4, 0.5) is 5.69 Å². The van der Waals surface area contributed by atoms with Crippen molar-refractivity contribution >= 4 is 29.7 Å². The molecule has 47 heavy (non-hydrogen) atoms. The molecule has 0 atom stereocenters. The Morgan fingerprint density at radius 2 is 1.77 bits per heavy atom. The topological polar surface area (TPSA) is 116 Å². The van der Waals surface area contributed by atoms with Gasteiger partial charge in [0.25, 0.3) is 0 Å². The van der Waals surface area contributed by atoms with Crippen LogP contribution in [0, 0.1) is 5.41 Å². The molecular formula is C38H46N4O5. The number of imidazole rings is 1. The molecule has 0 bridgehead atoms. The molecule has 1 amide bonds. The summed E-state index contributed by atoms with van der Waals surface area (Å²) in [4.78, 5) is 33.2. The van der Waals surface area contributed by atoms with Gasteiger partial charge < -0.3 is 24.5 Å². The third kappa shape index (κ3) is 11.5. The number of hydrogen-bond donors (Lipinski definition) is 2. The lowest BCUT2D eigenvalue weighted by Crippen LogP contribution is -2.34. The number of carboxylic acid groups (broad SMARTS) is 1. The molecule has 0 fully saturated rings. The van der Waals surface area contributed by atoms with Crippen molar-refractivity contribution in [3.8, 4) is 5.75 Å². The van der Waals surface area contributed by atoms with Crippen molar-refractivity contribution in [2.75, 3.05) is 18.5 Å². The van der Waals surface area contributed by atoms with E-state index >= 15 is 0 Å². The number of pyridine rings is 1. The zero-order chi connectivity index (χ0) is 33.3. The average Bonchev–Trinajstić information content (AvgIpc) is 3.61. The number of benzene rings is 2. The summed E-state index contributed by atoms with van der Waals surface area (Å²) in [6, 6.07) is 21.6. The number of ether oxygens (including phenoxy) is 2. The summed E-state index contributed by atoms with van der Waals surface area (Å²) in [6.45, 7) is 6.30.